The van der Waals surface area contributed by atoms with Crippen molar-refractivity contribution in [2.75, 3.05) is 0 Å². The van der Waals surface area contributed by atoms with Crippen LogP contribution in [0.25, 0.3) is 22.4 Å². The Kier molecular flexibility index (Phi) is 6.24. The summed E-state index contributed by atoms with van der Waals surface area (Å²) < 4.78 is 4.03. The zero-order valence-electron chi connectivity index (χ0n) is 17.5. The molecular formula is C23H29N5. The Morgan fingerprint density at radius 1 is 0.893 bits per heavy atom. The molecule has 4 heterocycles. The molecular weight excluding hydrogens is 346 g/mol. The molecule has 0 amide bonds. The summed E-state index contributed by atoms with van der Waals surface area (Å²) >= 11 is 0. The van der Waals surface area contributed by atoms with Gasteiger partial charge in [0.15, 0.2) is 5.65 Å². The van der Waals surface area contributed by atoms with E-state index in [9.17, 15) is 0 Å². The van der Waals surface area contributed by atoms with Crippen molar-refractivity contribution in [2.24, 2.45) is 7.05 Å². The molecule has 0 bridgehead atoms. The molecule has 0 atom stereocenters. The van der Waals surface area contributed by atoms with Crippen LogP contribution in [-0.2, 0) is 20.0 Å². The second kappa shape index (κ2) is 8.83. The number of aryl methyl sites for hydroxylation is 5. The summed E-state index contributed by atoms with van der Waals surface area (Å²) in [6, 6.07) is 12.5. The van der Waals surface area contributed by atoms with Crippen LogP contribution in [0.15, 0.2) is 48.8 Å². The fraction of sp³-hybridized carbons (Fsp3) is 0.348. The predicted octanol–water partition coefficient (Wildman–Crippen LogP) is 5.11. The summed E-state index contributed by atoms with van der Waals surface area (Å²) in [5.41, 5.74) is 6.67. The lowest BCUT2D eigenvalue weighted by Gasteiger charge is -2.00. The van der Waals surface area contributed by atoms with E-state index in [0.29, 0.717) is 0 Å². The zero-order chi connectivity index (χ0) is 20.1. The maximum atomic E-state index is 4.74. The molecule has 1 aliphatic rings. The summed E-state index contributed by atoms with van der Waals surface area (Å²) in [6.07, 6.45) is 6.07. The number of nitrogens with zero attached hydrogens (tertiary/aromatic N) is 5. The number of hydrogen-bond donors (Lipinski definition) is 0. The smallest absolute Gasteiger partial charge is 0.160 e. The fourth-order valence-electron chi connectivity index (χ4n) is 3.22. The third-order valence-corrected chi connectivity index (χ3v) is 4.67. The number of imidazole rings is 1. The standard InChI is InChI=1S/C13H13N5.C8H10.C2H6/c1-17-8-9(7-14-17)10-4-5-11-13(16-10)18-6-2-3-12(18)15-11;1-7-3-5-8(2)6-4-7;1-2/h4-5,7-8H,2-3,6H2,1H3;3-6H,1-2H3;1-2H3. The van der Waals surface area contributed by atoms with Crippen LogP contribution in [0.5, 0.6) is 0 Å². The minimum Gasteiger partial charge on any atom is -0.313 e. The molecule has 1 aromatic carbocycles. The Morgan fingerprint density at radius 3 is 2.18 bits per heavy atom. The Labute approximate surface area is 167 Å². The normalized spacial score (nSPS) is 12.0. The van der Waals surface area contributed by atoms with E-state index in [1.54, 1.807) is 4.68 Å². The van der Waals surface area contributed by atoms with Gasteiger partial charge in [0.05, 0.1) is 11.9 Å². The first-order chi connectivity index (χ1) is 13.6. The quantitative estimate of drug-likeness (QED) is 0.465. The lowest BCUT2D eigenvalue weighted by Crippen LogP contribution is -1.94. The van der Waals surface area contributed by atoms with Crippen LogP contribution in [0, 0.1) is 13.8 Å². The molecule has 28 heavy (non-hydrogen) atoms. The average molecular weight is 376 g/mol. The van der Waals surface area contributed by atoms with E-state index in [1.165, 1.54) is 23.4 Å². The van der Waals surface area contributed by atoms with Crippen LogP contribution >= 0.6 is 0 Å². The van der Waals surface area contributed by atoms with Gasteiger partial charge in [-0.15, -0.1) is 0 Å². The van der Waals surface area contributed by atoms with Gasteiger partial charge in [-0.2, -0.15) is 5.10 Å². The molecule has 0 saturated carbocycles. The van der Waals surface area contributed by atoms with E-state index in [0.717, 1.165) is 35.4 Å². The summed E-state index contributed by atoms with van der Waals surface area (Å²) in [6.45, 7) is 9.23. The highest BCUT2D eigenvalue weighted by Crippen LogP contribution is 2.24. The summed E-state index contributed by atoms with van der Waals surface area (Å²) in [5.74, 6) is 1.17. The summed E-state index contributed by atoms with van der Waals surface area (Å²) in [4.78, 5) is 9.35. The van der Waals surface area contributed by atoms with Gasteiger partial charge in [-0.25, -0.2) is 9.97 Å². The number of hydrogen-bond acceptors (Lipinski definition) is 3. The third-order valence-electron chi connectivity index (χ3n) is 4.67. The Hall–Kier alpha value is -2.95. The van der Waals surface area contributed by atoms with Gasteiger partial charge in [0, 0.05) is 31.8 Å². The average Bonchev–Trinajstić information content (AvgIpc) is 3.42. The Bertz CT molecular complexity index is 1020. The number of benzene rings is 1. The maximum absolute atomic E-state index is 4.74. The molecule has 0 radical (unpaired) electrons. The molecule has 1 aliphatic heterocycles. The van der Waals surface area contributed by atoms with Crippen molar-refractivity contribution in [1.29, 1.82) is 0 Å². The highest BCUT2D eigenvalue weighted by molar-refractivity contribution is 5.76. The highest BCUT2D eigenvalue weighted by Gasteiger charge is 2.17. The number of fused-ring (bicyclic) bond motifs is 3. The molecule has 0 spiro atoms. The van der Waals surface area contributed by atoms with Crippen LogP contribution in [0.1, 0.15) is 37.2 Å². The number of pyridine rings is 1. The number of aromatic nitrogens is 5. The monoisotopic (exact) mass is 375 g/mol. The van der Waals surface area contributed by atoms with Crippen molar-refractivity contribution in [1.82, 2.24) is 24.3 Å². The lowest BCUT2D eigenvalue weighted by molar-refractivity contribution is 0.764. The van der Waals surface area contributed by atoms with Crippen molar-refractivity contribution in [2.45, 2.75) is 47.1 Å². The first kappa shape index (κ1) is 19.8. The van der Waals surface area contributed by atoms with E-state index in [2.05, 4.69) is 58.8 Å². The van der Waals surface area contributed by atoms with Crippen LogP contribution in [-0.4, -0.2) is 24.3 Å². The van der Waals surface area contributed by atoms with Crippen LogP contribution in [0.4, 0.5) is 0 Å². The molecule has 3 aromatic heterocycles. The van der Waals surface area contributed by atoms with Gasteiger partial charge in [-0.05, 0) is 32.4 Å². The number of rotatable bonds is 1. The van der Waals surface area contributed by atoms with Gasteiger partial charge in [-0.3, -0.25) is 4.68 Å². The molecule has 4 aromatic rings. The van der Waals surface area contributed by atoms with E-state index in [1.807, 2.05) is 39.4 Å². The van der Waals surface area contributed by atoms with Gasteiger partial charge in [-0.1, -0.05) is 49.2 Å². The minimum absolute atomic E-state index is 0.963. The molecule has 0 aliphatic carbocycles. The molecule has 0 fully saturated rings. The largest absolute Gasteiger partial charge is 0.313 e. The first-order valence-electron chi connectivity index (χ1n) is 9.98. The predicted molar refractivity (Wildman–Crippen MR) is 115 cm³/mol. The van der Waals surface area contributed by atoms with Crippen LogP contribution in [0.2, 0.25) is 0 Å². The zero-order valence-corrected chi connectivity index (χ0v) is 17.5. The highest BCUT2D eigenvalue weighted by atomic mass is 15.2. The van der Waals surface area contributed by atoms with Crippen molar-refractivity contribution >= 4 is 11.2 Å². The van der Waals surface area contributed by atoms with E-state index < -0.39 is 0 Å². The van der Waals surface area contributed by atoms with Crippen molar-refractivity contribution < 1.29 is 0 Å². The fourth-order valence-corrected chi connectivity index (χ4v) is 3.22. The summed E-state index contributed by atoms with van der Waals surface area (Å²) in [5, 5.41) is 4.19. The minimum atomic E-state index is 0.963. The van der Waals surface area contributed by atoms with Crippen molar-refractivity contribution in [3.8, 4) is 11.3 Å². The Morgan fingerprint density at radius 2 is 1.57 bits per heavy atom. The SMILES string of the molecule is CC.Cc1ccc(C)cc1.Cn1cc(-c2ccc3nc4n(c3n2)CCC4)cn1. The molecule has 5 heteroatoms. The molecule has 0 unspecified atom stereocenters. The molecule has 5 rings (SSSR count). The van der Waals surface area contributed by atoms with E-state index >= 15 is 0 Å². The second-order valence-electron chi connectivity index (χ2n) is 6.88. The van der Waals surface area contributed by atoms with Gasteiger partial charge in [0.2, 0.25) is 0 Å². The van der Waals surface area contributed by atoms with Gasteiger partial charge in [0.25, 0.3) is 0 Å². The molecule has 0 saturated heterocycles. The molecule has 0 N–H and O–H groups in total. The lowest BCUT2D eigenvalue weighted by atomic mass is 10.2. The van der Waals surface area contributed by atoms with E-state index in [4.69, 9.17) is 4.98 Å². The van der Waals surface area contributed by atoms with Gasteiger partial charge >= 0.3 is 0 Å². The summed E-state index contributed by atoms with van der Waals surface area (Å²) in [7, 11) is 1.92. The first-order valence-corrected chi connectivity index (χ1v) is 9.98. The van der Waals surface area contributed by atoms with Crippen LogP contribution in [0.3, 0.4) is 0 Å². The molecule has 5 nitrogen and oxygen atoms in total. The topological polar surface area (TPSA) is 48.5 Å². The maximum Gasteiger partial charge on any atom is 0.160 e. The van der Waals surface area contributed by atoms with Crippen molar-refractivity contribution in [3.05, 3.63) is 65.7 Å². The van der Waals surface area contributed by atoms with Gasteiger partial charge < -0.3 is 4.57 Å². The second-order valence-corrected chi connectivity index (χ2v) is 6.88. The third kappa shape index (κ3) is 4.30. The van der Waals surface area contributed by atoms with Crippen molar-refractivity contribution in [3.63, 3.8) is 0 Å². The Balaban J connectivity index is 0.000000190. The van der Waals surface area contributed by atoms with E-state index in [-0.39, 0.29) is 0 Å². The van der Waals surface area contributed by atoms with Gasteiger partial charge in [0.1, 0.15) is 11.3 Å². The molecule has 146 valence electrons. The van der Waals surface area contributed by atoms with Crippen LogP contribution < -0.4 is 0 Å².